The average Bonchev–Trinajstić information content (AvgIpc) is 2.82. The number of benzene rings is 1. The van der Waals surface area contributed by atoms with Crippen molar-refractivity contribution in [3.05, 3.63) is 28.2 Å². The highest BCUT2D eigenvalue weighted by molar-refractivity contribution is 6.34. The molecule has 1 aromatic rings. The summed E-state index contributed by atoms with van der Waals surface area (Å²) in [7, 11) is 0. The highest BCUT2D eigenvalue weighted by Crippen LogP contribution is 2.32. The van der Waals surface area contributed by atoms with Crippen LogP contribution in [0.25, 0.3) is 0 Å². The summed E-state index contributed by atoms with van der Waals surface area (Å²) in [6.45, 7) is 6.18. The van der Waals surface area contributed by atoms with Crippen molar-refractivity contribution < 1.29 is 19.1 Å². The monoisotopic (exact) mass is 528 g/mol. The lowest BCUT2D eigenvalue weighted by molar-refractivity contribution is -0.168. The number of esters is 2. The largest absolute Gasteiger partial charge is 0.465 e. The van der Waals surface area contributed by atoms with Gasteiger partial charge in [0.05, 0.1) is 6.61 Å². The highest BCUT2D eigenvalue weighted by atomic mass is 35.5. The van der Waals surface area contributed by atoms with Gasteiger partial charge in [0.1, 0.15) is 5.75 Å². The molecule has 0 aliphatic carbocycles. The summed E-state index contributed by atoms with van der Waals surface area (Å²) in [6.07, 6.45) is 18.4. The summed E-state index contributed by atoms with van der Waals surface area (Å²) in [5, 5.41) is 0.721. The van der Waals surface area contributed by atoms with Gasteiger partial charge in [-0.1, -0.05) is 127 Å². The van der Waals surface area contributed by atoms with E-state index in [1.807, 2.05) is 0 Å². The zero-order valence-electron chi connectivity index (χ0n) is 22.1. The molecule has 6 heteroatoms. The van der Waals surface area contributed by atoms with Crippen molar-refractivity contribution in [1.29, 1.82) is 0 Å². The van der Waals surface area contributed by atoms with E-state index in [0.717, 1.165) is 19.3 Å². The molecule has 0 amide bonds. The number of hydrogen-bond acceptors (Lipinski definition) is 4. The SMILES string of the molecule is CCCCCCCCCCCCCCCCOC(=O)C(CC)(CC)C(=O)Oc1cc(Cl)cc(Cl)c1. The molecule has 0 N–H and O–H groups in total. The minimum absolute atomic E-state index is 0.221. The Kier molecular flexibility index (Phi) is 17.2. The number of ether oxygens (including phenoxy) is 2. The molecule has 0 fully saturated rings. The summed E-state index contributed by atoms with van der Waals surface area (Å²) in [4.78, 5) is 25.8. The Labute approximate surface area is 223 Å². The van der Waals surface area contributed by atoms with Crippen molar-refractivity contribution in [3.8, 4) is 5.75 Å². The van der Waals surface area contributed by atoms with Gasteiger partial charge in [0, 0.05) is 10.0 Å². The van der Waals surface area contributed by atoms with Crippen LogP contribution in [0.3, 0.4) is 0 Å². The number of carbonyl (C=O) groups excluding carboxylic acids is 2. The van der Waals surface area contributed by atoms with Crippen LogP contribution in [0.15, 0.2) is 18.2 Å². The minimum Gasteiger partial charge on any atom is -0.465 e. The lowest BCUT2D eigenvalue weighted by Gasteiger charge is -2.26. The Bertz CT molecular complexity index is 711. The van der Waals surface area contributed by atoms with Crippen LogP contribution in [0.1, 0.15) is 124 Å². The Hall–Kier alpha value is -1.26. The molecule has 0 heterocycles. The molecule has 0 bridgehead atoms. The maximum Gasteiger partial charge on any atom is 0.328 e. The molecular weight excluding hydrogens is 483 g/mol. The predicted octanol–water partition coefficient (Wildman–Crippen LogP) is 9.73. The third kappa shape index (κ3) is 12.5. The fourth-order valence-electron chi connectivity index (χ4n) is 4.30. The minimum atomic E-state index is -1.33. The van der Waals surface area contributed by atoms with Crippen molar-refractivity contribution in [2.45, 2.75) is 124 Å². The van der Waals surface area contributed by atoms with Crippen molar-refractivity contribution in [1.82, 2.24) is 0 Å². The van der Waals surface area contributed by atoms with E-state index in [1.165, 1.54) is 82.8 Å². The Morgan fingerprint density at radius 3 is 1.51 bits per heavy atom. The molecule has 0 saturated carbocycles. The number of hydrogen-bond donors (Lipinski definition) is 0. The van der Waals surface area contributed by atoms with Gasteiger partial charge in [-0.05, 0) is 37.5 Å². The molecule has 1 aromatic carbocycles. The molecule has 1 rings (SSSR count). The molecule has 0 saturated heterocycles. The predicted molar refractivity (Wildman–Crippen MR) is 146 cm³/mol. The van der Waals surface area contributed by atoms with E-state index in [2.05, 4.69) is 6.92 Å². The second kappa shape index (κ2) is 18.9. The van der Waals surface area contributed by atoms with Gasteiger partial charge in [-0.15, -0.1) is 0 Å². The second-order valence-electron chi connectivity index (χ2n) is 9.52. The molecule has 200 valence electrons. The first-order chi connectivity index (χ1) is 16.9. The van der Waals surface area contributed by atoms with Crippen LogP contribution < -0.4 is 4.74 Å². The van der Waals surface area contributed by atoms with E-state index >= 15 is 0 Å². The van der Waals surface area contributed by atoms with Gasteiger partial charge < -0.3 is 9.47 Å². The standard InChI is InChI=1S/C29H46Cl2O4/c1-4-7-8-9-10-11-12-13-14-15-16-17-18-19-20-34-27(32)29(5-2,6-3)28(33)35-26-22-24(30)21-25(31)23-26/h21-23H,4-20H2,1-3H3. The van der Waals surface area contributed by atoms with E-state index in [1.54, 1.807) is 19.9 Å². The van der Waals surface area contributed by atoms with Crippen molar-refractivity contribution in [3.63, 3.8) is 0 Å². The van der Waals surface area contributed by atoms with Gasteiger partial charge in [0.25, 0.3) is 0 Å². The van der Waals surface area contributed by atoms with Crippen LogP contribution >= 0.6 is 23.2 Å². The number of rotatable bonds is 20. The van der Waals surface area contributed by atoms with Gasteiger partial charge in [-0.25, -0.2) is 0 Å². The lowest BCUT2D eigenvalue weighted by atomic mass is 9.82. The van der Waals surface area contributed by atoms with Gasteiger partial charge in [0.15, 0.2) is 5.41 Å². The van der Waals surface area contributed by atoms with Crippen molar-refractivity contribution in [2.24, 2.45) is 5.41 Å². The molecule has 0 aliphatic heterocycles. The van der Waals surface area contributed by atoms with E-state index < -0.39 is 17.4 Å². The van der Waals surface area contributed by atoms with Crippen LogP contribution in [-0.4, -0.2) is 18.5 Å². The van der Waals surface area contributed by atoms with Crippen LogP contribution in [0, 0.1) is 5.41 Å². The molecule has 35 heavy (non-hydrogen) atoms. The van der Waals surface area contributed by atoms with E-state index in [9.17, 15) is 9.59 Å². The normalized spacial score (nSPS) is 11.5. The zero-order valence-corrected chi connectivity index (χ0v) is 23.7. The summed E-state index contributed by atoms with van der Waals surface area (Å²) < 4.78 is 11.0. The van der Waals surface area contributed by atoms with Crippen LogP contribution in [0.2, 0.25) is 10.0 Å². The Morgan fingerprint density at radius 2 is 1.09 bits per heavy atom. The summed E-state index contributed by atoms with van der Waals surface area (Å²) in [5.74, 6) is -0.930. The van der Waals surface area contributed by atoms with E-state index in [-0.39, 0.29) is 5.75 Å². The fourth-order valence-corrected chi connectivity index (χ4v) is 4.81. The van der Waals surface area contributed by atoms with Crippen LogP contribution in [0.4, 0.5) is 0 Å². The van der Waals surface area contributed by atoms with Gasteiger partial charge >= 0.3 is 11.9 Å². The van der Waals surface area contributed by atoms with Crippen molar-refractivity contribution >= 4 is 35.1 Å². The summed E-state index contributed by atoms with van der Waals surface area (Å²) >= 11 is 12.0. The smallest absolute Gasteiger partial charge is 0.328 e. The molecule has 0 radical (unpaired) electrons. The summed E-state index contributed by atoms with van der Waals surface area (Å²) in [6, 6.07) is 4.56. The first kappa shape index (κ1) is 31.8. The van der Waals surface area contributed by atoms with E-state index in [0.29, 0.717) is 29.5 Å². The molecule has 4 nitrogen and oxygen atoms in total. The molecule has 0 atom stereocenters. The topological polar surface area (TPSA) is 52.6 Å². The quantitative estimate of drug-likeness (QED) is 0.0730. The number of carbonyl (C=O) groups is 2. The Balaban J connectivity index is 2.23. The maximum atomic E-state index is 12.9. The van der Waals surface area contributed by atoms with E-state index in [4.69, 9.17) is 32.7 Å². The molecular formula is C29H46Cl2O4. The Morgan fingerprint density at radius 1 is 0.657 bits per heavy atom. The zero-order chi connectivity index (χ0) is 25.9. The fraction of sp³-hybridized carbons (Fsp3) is 0.724. The molecule has 0 aliphatic rings. The first-order valence-corrected chi connectivity index (χ1v) is 14.5. The molecule has 0 spiro atoms. The number of unbranched alkanes of at least 4 members (excludes halogenated alkanes) is 13. The van der Waals surface area contributed by atoms with Gasteiger partial charge in [0.2, 0.25) is 0 Å². The van der Waals surface area contributed by atoms with Crippen LogP contribution in [0.5, 0.6) is 5.75 Å². The van der Waals surface area contributed by atoms with Gasteiger partial charge in [-0.2, -0.15) is 0 Å². The molecule has 0 aromatic heterocycles. The van der Waals surface area contributed by atoms with Crippen molar-refractivity contribution in [2.75, 3.05) is 6.61 Å². The summed E-state index contributed by atoms with van der Waals surface area (Å²) in [5.41, 5.74) is -1.33. The first-order valence-electron chi connectivity index (χ1n) is 13.7. The van der Waals surface area contributed by atoms with Crippen LogP contribution in [-0.2, 0) is 14.3 Å². The lowest BCUT2D eigenvalue weighted by Crippen LogP contribution is -2.42. The maximum absolute atomic E-state index is 12.9. The third-order valence-corrected chi connectivity index (χ3v) is 7.20. The third-order valence-electron chi connectivity index (χ3n) is 6.77. The second-order valence-corrected chi connectivity index (χ2v) is 10.4. The number of halogens is 2. The molecule has 0 unspecified atom stereocenters. The highest BCUT2D eigenvalue weighted by Gasteiger charge is 2.46. The van der Waals surface area contributed by atoms with Gasteiger partial charge in [-0.3, -0.25) is 9.59 Å². The average molecular weight is 530 g/mol.